The van der Waals surface area contributed by atoms with E-state index < -0.39 is 18.2 Å². The normalized spacial score (nSPS) is 25.9. The van der Waals surface area contributed by atoms with Crippen LogP contribution in [0.3, 0.4) is 0 Å². The van der Waals surface area contributed by atoms with Crippen molar-refractivity contribution >= 4 is 17.7 Å². The van der Waals surface area contributed by atoms with E-state index in [9.17, 15) is 14.4 Å². The van der Waals surface area contributed by atoms with Crippen molar-refractivity contribution in [2.75, 3.05) is 6.54 Å². The van der Waals surface area contributed by atoms with Gasteiger partial charge in [-0.1, -0.05) is 27.2 Å². The van der Waals surface area contributed by atoms with Crippen LogP contribution in [0.1, 0.15) is 40.0 Å². The highest BCUT2D eigenvalue weighted by atomic mass is 16.6. The molecule has 2 aliphatic rings. The van der Waals surface area contributed by atoms with Gasteiger partial charge in [0.1, 0.15) is 6.04 Å². The van der Waals surface area contributed by atoms with E-state index in [1.54, 1.807) is 0 Å². The molecule has 0 spiro atoms. The van der Waals surface area contributed by atoms with Crippen LogP contribution < -0.4 is 5.32 Å². The van der Waals surface area contributed by atoms with Crippen molar-refractivity contribution in [2.45, 2.75) is 58.3 Å². The maximum absolute atomic E-state index is 12.3. The largest absolute Gasteiger partial charge is 0.354 e. The minimum Gasteiger partial charge on any atom is -0.354 e. The van der Waals surface area contributed by atoms with E-state index in [1.807, 2.05) is 20.8 Å². The van der Waals surface area contributed by atoms with E-state index in [2.05, 4.69) is 5.32 Å². The number of imide groups is 1. The first kappa shape index (κ1) is 15.0. The third-order valence-corrected chi connectivity index (χ3v) is 3.59. The van der Waals surface area contributed by atoms with Crippen molar-refractivity contribution in [3.8, 4) is 0 Å². The summed E-state index contributed by atoms with van der Waals surface area (Å²) in [5.41, 5.74) is 0. The van der Waals surface area contributed by atoms with Gasteiger partial charge < -0.3 is 10.1 Å². The molecular formula is C14H22N2O4. The van der Waals surface area contributed by atoms with Crippen LogP contribution in [0.15, 0.2) is 0 Å². The Morgan fingerprint density at radius 2 is 1.90 bits per heavy atom. The zero-order valence-corrected chi connectivity index (χ0v) is 12.2. The molecule has 0 aliphatic carbocycles. The average Bonchev–Trinajstić information content (AvgIpc) is 3.13. The SMILES string of the molecule is CCCCNC(=O)[C@H](CC(C)C)N1C(=O)C2OC2C1=O. The first-order valence-corrected chi connectivity index (χ1v) is 7.27. The lowest BCUT2D eigenvalue weighted by Crippen LogP contribution is -2.52. The first-order chi connectivity index (χ1) is 9.47. The highest BCUT2D eigenvalue weighted by molar-refractivity contribution is 6.13. The van der Waals surface area contributed by atoms with Crippen molar-refractivity contribution in [1.82, 2.24) is 10.2 Å². The standard InChI is InChI=1S/C14H22N2O4/c1-4-5-6-15-12(17)9(7-8(2)3)16-13(18)10-11(20-10)14(16)19/h8-11H,4-7H2,1-3H3,(H,15,17)/t9-,10?,11?/m0/s1. The number of rotatable bonds is 7. The number of carbonyl (C=O) groups excluding carboxylic acids is 3. The molecular weight excluding hydrogens is 260 g/mol. The second-order valence-electron chi connectivity index (χ2n) is 5.81. The molecule has 20 heavy (non-hydrogen) atoms. The predicted molar refractivity (Wildman–Crippen MR) is 71.7 cm³/mol. The molecule has 0 aromatic heterocycles. The van der Waals surface area contributed by atoms with Crippen LogP contribution in [0.4, 0.5) is 0 Å². The molecule has 0 bridgehead atoms. The quantitative estimate of drug-likeness (QED) is 0.418. The van der Waals surface area contributed by atoms with Gasteiger partial charge in [0.05, 0.1) is 0 Å². The molecule has 112 valence electrons. The summed E-state index contributed by atoms with van der Waals surface area (Å²) in [6, 6.07) is -0.705. The summed E-state index contributed by atoms with van der Waals surface area (Å²) in [6.45, 7) is 6.54. The number of hydrogen-bond acceptors (Lipinski definition) is 4. The first-order valence-electron chi connectivity index (χ1n) is 7.27. The molecule has 2 rings (SSSR count). The van der Waals surface area contributed by atoms with Crippen molar-refractivity contribution in [3.05, 3.63) is 0 Å². The van der Waals surface area contributed by atoms with Crippen LogP contribution in [0.25, 0.3) is 0 Å². The molecule has 0 saturated carbocycles. The topological polar surface area (TPSA) is 79.0 Å². The molecule has 0 radical (unpaired) electrons. The summed E-state index contributed by atoms with van der Waals surface area (Å²) in [5, 5.41) is 2.81. The maximum Gasteiger partial charge on any atom is 0.262 e. The van der Waals surface area contributed by atoms with E-state index in [0.717, 1.165) is 17.7 Å². The molecule has 3 amide bonds. The number of epoxide rings is 1. The fraction of sp³-hybridized carbons (Fsp3) is 0.786. The number of nitrogens with zero attached hydrogens (tertiary/aromatic N) is 1. The van der Waals surface area contributed by atoms with Crippen molar-refractivity contribution in [3.63, 3.8) is 0 Å². The Labute approximate surface area is 118 Å². The van der Waals surface area contributed by atoms with E-state index in [0.29, 0.717) is 13.0 Å². The number of unbranched alkanes of at least 4 members (excludes halogenated alkanes) is 1. The minimum absolute atomic E-state index is 0.218. The van der Waals surface area contributed by atoms with Crippen molar-refractivity contribution < 1.29 is 19.1 Å². The monoisotopic (exact) mass is 282 g/mol. The Morgan fingerprint density at radius 1 is 1.30 bits per heavy atom. The van der Waals surface area contributed by atoms with Crippen molar-refractivity contribution in [2.24, 2.45) is 5.92 Å². The zero-order chi connectivity index (χ0) is 14.9. The Morgan fingerprint density at radius 3 is 2.40 bits per heavy atom. The van der Waals surface area contributed by atoms with Gasteiger partial charge in [0, 0.05) is 6.54 Å². The lowest BCUT2D eigenvalue weighted by atomic mass is 10.0. The summed E-state index contributed by atoms with van der Waals surface area (Å²) in [6.07, 6.45) is 1.07. The molecule has 2 heterocycles. The van der Waals surface area contributed by atoms with Crippen molar-refractivity contribution in [1.29, 1.82) is 0 Å². The van der Waals surface area contributed by atoms with Gasteiger partial charge in [-0.3, -0.25) is 19.3 Å². The fourth-order valence-corrected chi connectivity index (χ4v) is 2.46. The lowest BCUT2D eigenvalue weighted by Gasteiger charge is -2.27. The number of morpholine rings is 1. The molecule has 2 unspecified atom stereocenters. The van der Waals surface area contributed by atoms with E-state index in [4.69, 9.17) is 4.74 Å². The van der Waals surface area contributed by atoms with Gasteiger partial charge in [-0.25, -0.2) is 0 Å². The van der Waals surface area contributed by atoms with Gasteiger partial charge in [0.15, 0.2) is 12.2 Å². The van der Waals surface area contributed by atoms with Gasteiger partial charge in [-0.05, 0) is 18.8 Å². The number of amides is 3. The van der Waals surface area contributed by atoms with E-state index in [1.165, 1.54) is 0 Å². The Hall–Kier alpha value is -1.43. The van der Waals surface area contributed by atoms with Gasteiger partial charge in [-0.2, -0.15) is 0 Å². The minimum atomic E-state index is -0.705. The average molecular weight is 282 g/mol. The van der Waals surface area contributed by atoms with Gasteiger partial charge in [-0.15, -0.1) is 0 Å². The molecule has 2 aliphatic heterocycles. The van der Waals surface area contributed by atoms with Gasteiger partial charge in [0.25, 0.3) is 11.8 Å². The van der Waals surface area contributed by atoms with E-state index in [-0.39, 0.29) is 23.6 Å². The van der Waals surface area contributed by atoms with Crippen LogP contribution in [0.5, 0.6) is 0 Å². The van der Waals surface area contributed by atoms with Crippen LogP contribution in [-0.4, -0.2) is 47.4 Å². The molecule has 6 heteroatoms. The Kier molecular flexibility index (Phi) is 4.42. The molecule has 3 atom stereocenters. The smallest absolute Gasteiger partial charge is 0.262 e. The van der Waals surface area contributed by atoms with Crippen LogP contribution in [-0.2, 0) is 19.1 Å². The summed E-state index contributed by atoms with van der Waals surface area (Å²) >= 11 is 0. The third kappa shape index (κ3) is 2.85. The molecule has 0 aromatic carbocycles. The number of carbonyl (C=O) groups is 3. The predicted octanol–water partition coefficient (Wildman–Crippen LogP) is 0.454. The molecule has 2 fully saturated rings. The summed E-state index contributed by atoms with van der Waals surface area (Å²) in [4.78, 5) is 37.4. The Bertz CT molecular complexity index is 401. The highest BCUT2D eigenvalue weighted by Crippen LogP contribution is 2.35. The lowest BCUT2D eigenvalue weighted by molar-refractivity contribution is -0.152. The zero-order valence-electron chi connectivity index (χ0n) is 12.2. The number of likely N-dealkylation sites (tertiary alicyclic amines) is 1. The maximum atomic E-state index is 12.3. The summed E-state index contributed by atoms with van der Waals surface area (Å²) < 4.78 is 4.97. The second kappa shape index (κ2) is 5.91. The third-order valence-electron chi connectivity index (χ3n) is 3.59. The van der Waals surface area contributed by atoms with Crippen LogP contribution in [0, 0.1) is 5.92 Å². The molecule has 6 nitrogen and oxygen atoms in total. The second-order valence-corrected chi connectivity index (χ2v) is 5.81. The summed E-state index contributed by atoms with van der Waals surface area (Å²) in [7, 11) is 0. The number of ether oxygens (including phenoxy) is 1. The fourth-order valence-electron chi connectivity index (χ4n) is 2.46. The summed E-state index contributed by atoms with van der Waals surface area (Å²) in [5.74, 6) is -0.752. The van der Waals surface area contributed by atoms with Gasteiger partial charge in [0.2, 0.25) is 5.91 Å². The number of nitrogens with one attached hydrogen (secondary N) is 1. The molecule has 1 N–H and O–H groups in total. The number of hydrogen-bond donors (Lipinski definition) is 1. The molecule has 2 saturated heterocycles. The Balaban J connectivity index is 2.05. The molecule has 0 aromatic rings. The van der Waals surface area contributed by atoms with Crippen LogP contribution in [0.2, 0.25) is 0 Å². The van der Waals surface area contributed by atoms with Gasteiger partial charge >= 0.3 is 0 Å². The van der Waals surface area contributed by atoms with E-state index >= 15 is 0 Å². The van der Waals surface area contributed by atoms with Crippen LogP contribution >= 0.6 is 0 Å². The highest BCUT2D eigenvalue weighted by Gasteiger charge is 2.63. The number of fused-ring (bicyclic) bond motifs is 1.